The second-order valence-electron chi connectivity index (χ2n) is 5.10. The van der Waals surface area contributed by atoms with Gasteiger partial charge in [0.25, 0.3) is 0 Å². The van der Waals surface area contributed by atoms with E-state index in [1.54, 1.807) is 36.4 Å². The number of allylic oxidation sites excluding steroid dienone is 3. The highest BCUT2D eigenvalue weighted by atomic mass is 16.2. The van der Waals surface area contributed by atoms with Gasteiger partial charge < -0.3 is 10.6 Å². The minimum atomic E-state index is -0.190. The van der Waals surface area contributed by atoms with Crippen LogP contribution >= 0.6 is 0 Å². The van der Waals surface area contributed by atoms with Crippen LogP contribution in [0.25, 0.3) is 0 Å². The van der Waals surface area contributed by atoms with Gasteiger partial charge in [0.15, 0.2) is 0 Å². The van der Waals surface area contributed by atoms with E-state index < -0.39 is 0 Å². The van der Waals surface area contributed by atoms with Gasteiger partial charge >= 0.3 is 0 Å². The fourth-order valence-electron chi connectivity index (χ4n) is 1.66. The first kappa shape index (κ1) is 16.7. The lowest BCUT2D eigenvalue weighted by atomic mass is 10.1. The molecule has 0 aliphatic heterocycles. The molecule has 4 heteroatoms. The summed E-state index contributed by atoms with van der Waals surface area (Å²) in [4.78, 5) is 23.2. The molecule has 2 amide bonds. The SMILES string of the molecule is C/C=C/C=C/C(=O)Nc1ccc(NC(=O)CC(C)C)cc1. The minimum Gasteiger partial charge on any atom is -0.326 e. The molecule has 2 N–H and O–H groups in total. The van der Waals surface area contributed by atoms with Gasteiger partial charge in [0.2, 0.25) is 11.8 Å². The fourth-order valence-corrected chi connectivity index (χ4v) is 1.66. The highest BCUT2D eigenvalue weighted by molar-refractivity contribution is 5.99. The van der Waals surface area contributed by atoms with Crippen molar-refractivity contribution in [1.82, 2.24) is 0 Å². The summed E-state index contributed by atoms with van der Waals surface area (Å²) in [6.07, 6.45) is 7.26. The molecule has 0 atom stereocenters. The third-order valence-corrected chi connectivity index (χ3v) is 2.58. The largest absolute Gasteiger partial charge is 0.326 e. The molecule has 0 aliphatic rings. The molecule has 0 aromatic heterocycles. The lowest BCUT2D eigenvalue weighted by molar-refractivity contribution is -0.117. The monoisotopic (exact) mass is 286 g/mol. The average Bonchev–Trinajstić information content (AvgIpc) is 2.40. The van der Waals surface area contributed by atoms with Crippen LogP contribution in [0.15, 0.2) is 48.6 Å². The summed E-state index contributed by atoms with van der Waals surface area (Å²) in [6, 6.07) is 7.05. The quantitative estimate of drug-likeness (QED) is 0.618. The van der Waals surface area contributed by atoms with Crippen molar-refractivity contribution < 1.29 is 9.59 Å². The summed E-state index contributed by atoms with van der Waals surface area (Å²) in [5, 5.41) is 5.56. The van der Waals surface area contributed by atoms with Crippen molar-refractivity contribution in [1.29, 1.82) is 0 Å². The molecule has 0 heterocycles. The molecule has 1 aromatic carbocycles. The number of hydrogen-bond donors (Lipinski definition) is 2. The Balaban J connectivity index is 2.54. The second kappa shape index (κ2) is 8.74. The maximum absolute atomic E-state index is 11.6. The minimum absolute atomic E-state index is 0.00364. The van der Waals surface area contributed by atoms with E-state index in [9.17, 15) is 9.59 Å². The normalized spacial score (nSPS) is 11.2. The van der Waals surface area contributed by atoms with Gasteiger partial charge in [-0.15, -0.1) is 0 Å². The van der Waals surface area contributed by atoms with Gasteiger partial charge in [0, 0.05) is 23.9 Å². The summed E-state index contributed by atoms with van der Waals surface area (Å²) in [5.74, 6) is 0.133. The summed E-state index contributed by atoms with van der Waals surface area (Å²) >= 11 is 0. The van der Waals surface area contributed by atoms with E-state index in [4.69, 9.17) is 0 Å². The number of anilines is 2. The molecular formula is C17H22N2O2. The van der Waals surface area contributed by atoms with Gasteiger partial charge in [-0.2, -0.15) is 0 Å². The fraction of sp³-hybridized carbons (Fsp3) is 0.294. The van der Waals surface area contributed by atoms with Crippen molar-refractivity contribution in [3.8, 4) is 0 Å². The highest BCUT2D eigenvalue weighted by Gasteiger charge is 2.05. The Kier molecular flexibility index (Phi) is 6.95. The molecule has 0 bridgehead atoms. The van der Waals surface area contributed by atoms with E-state index in [0.717, 1.165) is 5.69 Å². The van der Waals surface area contributed by atoms with Crippen LogP contribution in [0.2, 0.25) is 0 Å². The lowest BCUT2D eigenvalue weighted by Crippen LogP contribution is -2.14. The van der Waals surface area contributed by atoms with Crippen molar-refractivity contribution in [2.75, 3.05) is 10.6 Å². The zero-order valence-electron chi connectivity index (χ0n) is 12.7. The van der Waals surface area contributed by atoms with Crippen molar-refractivity contribution >= 4 is 23.2 Å². The molecule has 0 saturated carbocycles. The highest BCUT2D eigenvalue weighted by Crippen LogP contribution is 2.14. The van der Waals surface area contributed by atoms with Crippen LogP contribution in [0.4, 0.5) is 11.4 Å². The molecular weight excluding hydrogens is 264 g/mol. The van der Waals surface area contributed by atoms with Crippen molar-refractivity contribution in [3.05, 3.63) is 48.6 Å². The Labute approximate surface area is 125 Å². The van der Waals surface area contributed by atoms with Crippen molar-refractivity contribution in [3.63, 3.8) is 0 Å². The van der Waals surface area contributed by atoms with Gasteiger partial charge in [-0.05, 0) is 37.1 Å². The topological polar surface area (TPSA) is 58.2 Å². The van der Waals surface area contributed by atoms with E-state index >= 15 is 0 Å². The van der Waals surface area contributed by atoms with Crippen LogP contribution in [0.1, 0.15) is 27.2 Å². The molecule has 0 saturated heterocycles. The predicted octanol–water partition coefficient (Wildman–Crippen LogP) is 3.74. The number of hydrogen-bond acceptors (Lipinski definition) is 2. The van der Waals surface area contributed by atoms with E-state index in [1.165, 1.54) is 6.08 Å². The Morgan fingerprint density at radius 1 is 1.05 bits per heavy atom. The van der Waals surface area contributed by atoms with E-state index in [1.807, 2.05) is 26.8 Å². The van der Waals surface area contributed by atoms with Crippen LogP contribution in [0, 0.1) is 5.92 Å². The van der Waals surface area contributed by atoms with Gasteiger partial charge in [0.1, 0.15) is 0 Å². The second-order valence-corrected chi connectivity index (χ2v) is 5.10. The van der Waals surface area contributed by atoms with Crippen LogP contribution < -0.4 is 10.6 Å². The zero-order valence-corrected chi connectivity index (χ0v) is 12.7. The molecule has 21 heavy (non-hydrogen) atoms. The van der Waals surface area contributed by atoms with Gasteiger partial charge in [-0.3, -0.25) is 9.59 Å². The molecule has 0 spiro atoms. The van der Waals surface area contributed by atoms with E-state index in [-0.39, 0.29) is 11.8 Å². The Morgan fingerprint density at radius 3 is 2.14 bits per heavy atom. The maximum Gasteiger partial charge on any atom is 0.248 e. The Bertz CT molecular complexity index is 528. The van der Waals surface area contributed by atoms with Crippen LogP contribution in [0.5, 0.6) is 0 Å². The third-order valence-electron chi connectivity index (χ3n) is 2.58. The van der Waals surface area contributed by atoms with Crippen LogP contribution in [-0.2, 0) is 9.59 Å². The lowest BCUT2D eigenvalue weighted by Gasteiger charge is -2.08. The van der Waals surface area contributed by atoms with E-state index in [0.29, 0.717) is 18.0 Å². The standard InChI is InChI=1S/C17H22N2O2/c1-4-5-6-7-16(20)18-14-8-10-15(11-9-14)19-17(21)12-13(2)3/h4-11,13H,12H2,1-3H3,(H,18,20)(H,19,21)/b5-4+,7-6+. The summed E-state index contributed by atoms with van der Waals surface area (Å²) in [7, 11) is 0. The average molecular weight is 286 g/mol. The number of nitrogens with one attached hydrogen (secondary N) is 2. The first-order valence-electron chi connectivity index (χ1n) is 7.01. The number of carbonyl (C=O) groups excluding carboxylic acids is 2. The Hall–Kier alpha value is -2.36. The van der Waals surface area contributed by atoms with Gasteiger partial charge in [0.05, 0.1) is 0 Å². The number of rotatable bonds is 6. The first-order valence-corrected chi connectivity index (χ1v) is 7.01. The summed E-state index contributed by atoms with van der Waals surface area (Å²) in [6.45, 7) is 5.88. The maximum atomic E-state index is 11.6. The summed E-state index contributed by atoms with van der Waals surface area (Å²) < 4.78 is 0. The molecule has 4 nitrogen and oxygen atoms in total. The molecule has 0 unspecified atom stereocenters. The zero-order chi connectivity index (χ0) is 15.7. The molecule has 1 aromatic rings. The van der Waals surface area contributed by atoms with Crippen LogP contribution in [0.3, 0.4) is 0 Å². The predicted molar refractivity (Wildman–Crippen MR) is 87.1 cm³/mol. The first-order chi connectivity index (χ1) is 10.0. The van der Waals surface area contributed by atoms with Crippen LogP contribution in [-0.4, -0.2) is 11.8 Å². The van der Waals surface area contributed by atoms with Gasteiger partial charge in [-0.25, -0.2) is 0 Å². The summed E-state index contributed by atoms with van der Waals surface area (Å²) in [5.41, 5.74) is 1.41. The van der Waals surface area contributed by atoms with E-state index in [2.05, 4.69) is 10.6 Å². The number of benzene rings is 1. The smallest absolute Gasteiger partial charge is 0.248 e. The molecule has 0 fully saturated rings. The third kappa shape index (κ3) is 7.11. The number of carbonyl (C=O) groups is 2. The van der Waals surface area contributed by atoms with Gasteiger partial charge in [-0.1, -0.05) is 32.1 Å². The molecule has 0 aliphatic carbocycles. The van der Waals surface area contributed by atoms with Crippen molar-refractivity contribution in [2.24, 2.45) is 5.92 Å². The van der Waals surface area contributed by atoms with Crippen molar-refractivity contribution in [2.45, 2.75) is 27.2 Å². The molecule has 1 rings (SSSR count). The molecule has 0 radical (unpaired) electrons. The Morgan fingerprint density at radius 2 is 1.62 bits per heavy atom. The molecule has 112 valence electrons. The number of amides is 2.